The molecule has 0 spiro atoms. The van der Waals surface area contributed by atoms with Crippen molar-refractivity contribution in [1.29, 1.82) is 0 Å². The van der Waals surface area contributed by atoms with Gasteiger partial charge in [0, 0.05) is 0 Å². The number of hydrogen-bond donors (Lipinski definition) is 0. The predicted octanol–water partition coefficient (Wildman–Crippen LogP) is 1.19. The largest absolute Gasteiger partial charge is 0.396 e. The van der Waals surface area contributed by atoms with Crippen molar-refractivity contribution in [1.82, 2.24) is 0 Å². The standard InChI is InChI=1S/C6H12NO2P/c1-3-4-9-7-5(2)6(8)10/h3-4,10H2,1-2H3. The molecule has 0 aromatic rings. The zero-order valence-corrected chi connectivity index (χ0v) is 7.41. The number of hydrogen-bond acceptors (Lipinski definition) is 3. The van der Waals surface area contributed by atoms with Crippen LogP contribution in [-0.4, -0.2) is 17.8 Å². The molecule has 0 saturated carbocycles. The monoisotopic (exact) mass is 161 g/mol. The molecule has 0 aromatic carbocycles. The van der Waals surface area contributed by atoms with E-state index in [1.54, 1.807) is 6.92 Å². The van der Waals surface area contributed by atoms with Crippen molar-refractivity contribution in [2.45, 2.75) is 20.3 Å². The van der Waals surface area contributed by atoms with E-state index in [0.29, 0.717) is 12.3 Å². The molecule has 0 radical (unpaired) electrons. The van der Waals surface area contributed by atoms with Gasteiger partial charge in [-0.3, -0.25) is 4.79 Å². The Labute approximate surface area is 63.0 Å². The molecule has 0 aliphatic rings. The molecule has 0 heterocycles. The fourth-order valence-corrected chi connectivity index (χ4v) is 0.331. The molecule has 10 heavy (non-hydrogen) atoms. The number of nitrogens with zero attached hydrogens (tertiary/aromatic N) is 1. The second kappa shape index (κ2) is 5.36. The zero-order valence-electron chi connectivity index (χ0n) is 6.26. The Morgan fingerprint density at radius 1 is 1.70 bits per heavy atom. The van der Waals surface area contributed by atoms with Crippen molar-refractivity contribution in [2.24, 2.45) is 5.16 Å². The molecule has 0 aliphatic carbocycles. The third-order valence-corrected chi connectivity index (χ3v) is 1.27. The Morgan fingerprint density at radius 2 is 2.30 bits per heavy atom. The maximum Gasteiger partial charge on any atom is 0.195 e. The molecule has 0 fully saturated rings. The maximum atomic E-state index is 10.5. The van der Waals surface area contributed by atoms with Crippen LogP contribution in [0.15, 0.2) is 5.16 Å². The van der Waals surface area contributed by atoms with Crippen molar-refractivity contribution in [3.63, 3.8) is 0 Å². The van der Waals surface area contributed by atoms with Crippen LogP contribution in [0, 0.1) is 0 Å². The van der Waals surface area contributed by atoms with Gasteiger partial charge in [-0.2, -0.15) is 0 Å². The van der Waals surface area contributed by atoms with Gasteiger partial charge < -0.3 is 4.84 Å². The van der Waals surface area contributed by atoms with Crippen LogP contribution in [-0.2, 0) is 9.63 Å². The molecule has 0 rings (SSSR count). The summed E-state index contributed by atoms with van der Waals surface area (Å²) in [6.45, 7) is 4.16. The molecule has 0 amide bonds. The Balaban J connectivity index is 3.58. The van der Waals surface area contributed by atoms with Crippen molar-refractivity contribution in [3.05, 3.63) is 0 Å². The summed E-state index contributed by atoms with van der Waals surface area (Å²) < 4.78 is 0. The Hall–Kier alpha value is -0.430. The van der Waals surface area contributed by atoms with Crippen molar-refractivity contribution in [2.75, 3.05) is 6.61 Å². The molecule has 0 bridgehead atoms. The number of oxime groups is 1. The van der Waals surface area contributed by atoms with E-state index >= 15 is 0 Å². The normalized spacial score (nSPS) is 11.3. The van der Waals surface area contributed by atoms with Crippen LogP contribution in [0.4, 0.5) is 0 Å². The second-order valence-corrected chi connectivity index (χ2v) is 2.40. The van der Waals surface area contributed by atoms with E-state index in [1.165, 1.54) is 0 Å². The van der Waals surface area contributed by atoms with E-state index in [1.807, 2.05) is 16.2 Å². The molecular weight excluding hydrogens is 149 g/mol. The van der Waals surface area contributed by atoms with Gasteiger partial charge in [-0.25, -0.2) is 0 Å². The fraction of sp³-hybridized carbons (Fsp3) is 0.667. The summed E-state index contributed by atoms with van der Waals surface area (Å²) in [6.07, 6.45) is 0.905. The quantitative estimate of drug-likeness (QED) is 0.269. The van der Waals surface area contributed by atoms with Crippen LogP contribution in [0.5, 0.6) is 0 Å². The first-order chi connectivity index (χ1) is 4.68. The van der Waals surface area contributed by atoms with Gasteiger partial charge in [-0.15, -0.1) is 0 Å². The summed E-state index contributed by atoms with van der Waals surface area (Å²) in [5.41, 5.74) is 0.259. The van der Waals surface area contributed by atoms with Crippen molar-refractivity contribution >= 4 is 20.5 Å². The molecule has 1 atom stereocenters. The van der Waals surface area contributed by atoms with E-state index in [4.69, 9.17) is 4.84 Å². The molecule has 4 heteroatoms. The Kier molecular flexibility index (Phi) is 5.13. The highest BCUT2D eigenvalue weighted by Crippen LogP contribution is 1.91. The van der Waals surface area contributed by atoms with E-state index in [9.17, 15) is 4.79 Å². The average Bonchev–Trinajstić information content (AvgIpc) is 1.88. The molecule has 0 N–H and O–H groups in total. The van der Waals surface area contributed by atoms with Gasteiger partial charge in [0.2, 0.25) is 0 Å². The minimum Gasteiger partial charge on any atom is -0.396 e. The molecule has 0 saturated heterocycles. The smallest absolute Gasteiger partial charge is 0.195 e. The molecule has 3 nitrogen and oxygen atoms in total. The van der Waals surface area contributed by atoms with Gasteiger partial charge >= 0.3 is 0 Å². The van der Waals surface area contributed by atoms with Crippen LogP contribution in [0.3, 0.4) is 0 Å². The van der Waals surface area contributed by atoms with Gasteiger partial charge in [0.05, 0.1) is 0 Å². The van der Waals surface area contributed by atoms with Crippen molar-refractivity contribution < 1.29 is 9.63 Å². The lowest BCUT2D eigenvalue weighted by atomic mass is 10.5. The molecule has 1 unspecified atom stereocenters. The summed E-state index contributed by atoms with van der Waals surface area (Å²) in [6, 6.07) is 0. The maximum absolute atomic E-state index is 10.5. The third-order valence-electron chi connectivity index (χ3n) is 0.853. The van der Waals surface area contributed by atoms with E-state index < -0.39 is 0 Å². The summed E-state index contributed by atoms with van der Waals surface area (Å²) >= 11 is 0. The van der Waals surface area contributed by atoms with E-state index in [0.717, 1.165) is 6.42 Å². The number of carbonyl (C=O) groups excluding carboxylic acids is 1. The van der Waals surface area contributed by atoms with Crippen LogP contribution in [0.1, 0.15) is 20.3 Å². The highest BCUT2D eigenvalue weighted by atomic mass is 31.0. The predicted molar refractivity (Wildman–Crippen MR) is 44.1 cm³/mol. The van der Waals surface area contributed by atoms with E-state index in [2.05, 4.69) is 5.16 Å². The lowest BCUT2D eigenvalue weighted by molar-refractivity contribution is -0.105. The van der Waals surface area contributed by atoms with Crippen LogP contribution >= 0.6 is 9.24 Å². The topological polar surface area (TPSA) is 38.7 Å². The van der Waals surface area contributed by atoms with Gasteiger partial charge in [0.1, 0.15) is 12.3 Å². The molecular formula is C6H12NO2P. The SMILES string of the molecule is CCCON=C(C)C(=O)P. The lowest BCUT2D eigenvalue weighted by Crippen LogP contribution is -2.01. The number of rotatable bonds is 4. The summed E-state index contributed by atoms with van der Waals surface area (Å²) in [5.74, 6) is 0. The van der Waals surface area contributed by atoms with Gasteiger partial charge in [0.25, 0.3) is 0 Å². The minimum atomic E-state index is -0.129. The zero-order chi connectivity index (χ0) is 7.98. The Morgan fingerprint density at radius 3 is 2.70 bits per heavy atom. The highest BCUT2D eigenvalue weighted by Gasteiger charge is 1.96. The number of carbonyl (C=O) groups is 1. The fourth-order valence-electron chi connectivity index (χ4n) is 0.279. The summed E-state index contributed by atoms with van der Waals surface area (Å²) in [4.78, 5) is 15.2. The first-order valence-corrected chi connectivity index (χ1v) is 3.72. The third kappa shape index (κ3) is 4.45. The van der Waals surface area contributed by atoms with Gasteiger partial charge in [-0.05, 0) is 13.3 Å². The van der Waals surface area contributed by atoms with Gasteiger partial charge in [-0.1, -0.05) is 21.3 Å². The van der Waals surface area contributed by atoms with Crippen LogP contribution in [0.2, 0.25) is 0 Å². The first kappa shape index (κ1) is 9.57. The van der Waals surface area contributed by atoms with Crippen LogP contribution < -0.4 is 0 Å². The van der Waals surface area contributed by atoms with Gasteiger partial charge in [0.15, 0.2) is 5.52 Å². The molecule has 58 valence electrons. The second-order valence-electron chi connectivity index (χ2n) is 1.87. The minimum absolute atomic E-state index is 0.129. The summed E-state index contributed by atoms with van der Waals surface area (Å²) in [5, 5.41) is 3.56. The first-order valence-electron chi connectivity index (χ1n) is 3.14. The highest BCUT2D eigenvalue weighted by molar-refractivity contribution is 7.45. The van der Waals surface area contributed by atoms with E-state index in [-0.39, 0.29) is 5.52 Å². The molecule has 0 aromatic heterocycles. The lowest BCUT2D eigenvalue weighted by Gasteiger charge is -1.95. The average molecular weight is 161 g/mol. The van der Waals surface area contributed by atoms with Crippen molar-refractivity contribution in [3.8, 4) is 0 Å². The molecule has 0 aliphatic heterocycles. The Bertz CT molecular complexity index is 145. The van der Waals surface area contributed by atoms with Crippen LogP contribution in [0.25, 0.3) is 0 Å². The summed E-state index contributed by atoms with van der Waals surface area (Å²) in [7, 11) is 2.03.